The first kappa shape index (κ1) is 14.6. The van der Waals surface area contributed by atoms with E-state index in [0.717, 1.165) is 25.9 Å². The van der Waals surface area contributed by atoms with Crippen molar-refractivity contribution < 1.29 is 9.53 Å². The highest BCUT2D eigenvalue weighted by Crippen LogP contribution is 1.91. The van der Waals surface area contributed by atoms with Crippen LogP contribution in [0.5, 0.6) is 0 Å². The van der Waals surface area contributed by atoms with Gasteiger partial charge in [-0.1, -0.05) is 13.3 Å². The molecule has 1 rings (SSSR count). The number of carbonyl (C=O) groups is 1. The molecule has 7 heteroatoms. The number of unbranched alkanes of at least 4 members (excludes halogenated alkanes) is 1. The molecule has 0 saturated heterocycles. The number of amides is 1. The Morgan fingerprint density at radius 1 is 1.39 bits per heavy atom. The molecule has 0 atom stereocenters. The zero-order chi connectivity index (χ0) is 13.2. The lowest BCUT2D eigenvalue weighted by molar-refractivity contribution is -0.120. The molecule has 0 spiro atoms. The number of aryl methyl sites for hydroxylation is 1. The van der Waals surface area contributed by atoms with Gasteiger partial charge in [-0.05, 0) is 23.3 Å². The van der Waals surface area contributed by atoms with E-state index >= 15 is 0 Å². The van der Waals surface area contributed by atoms with Crippen LogP contribution < -0.4 is 5.32 Å². The van der Waals surface area contributed by atoms with E-state index in [4.69, 9.17) is 4.74 Å². The Hall–Kier alpha value is -1.50. The van der Waals surface area contributed by atoms with E-state index in [0.29, 0.717) is 19.0 Å². The smallest absolute Gasteiger partial charge is 0.227 e. The predicted molar refractivity (Wildman–Crippen MR) is 65.9 cm³/mol. The second kappa shape index (κ2) is 8.57. The lowest BCUT2D eigenvalue weighted by Crippen LogP contribution is -2.27. The highest BCUT2D eigenvalue weighted by atomic mass is 16.5. The van der Waals surface area contributed by atoms with E-state index in [1.807, 2.05) is 0 Å². The molecule has 0 unspecified atom stereocenters. The summed E-state index contributed by atoms with van der Waals surface area (Å²) in [5, 5.41) is 13.7. The first-order chi connectivity index (χ1) is 8.74. The lowest BCUT2D eigenvalue weighted by Gasteiger charge is -2.05. The molecule has 7 nitrogen and oxygen atoms in total. The van der Waals surface area contributed by atoms with Crippen LogP contribution in [0.3, 0.4) is 0 Å². The van der Waals surface area contributed by atoms with Crippen LogP contribution in [-0.2, 0) is 23.0 Å². The Kier molecular flexibility index (Phi) is 6.93. The van der Waals surface area contributed by atoms with Gasteiger partial charge in [0.25, 0.3) is 0 Å². The predicted octanol–water partition coefficient (Wildman–Crippen LogP) is 0.0756. The summed E-state index contributed by atoms with van der Waals surface area (Å²) in [5.41, 5.74) is 0. The van der Waals surface area contributed by atoms with Crippen molar-refractivity contribution >= 4 is 5.91 Å². The largest absolute Gasteiger partial charge is 0.381 e. The number of carbonyl (C=O) groups excluding carboxylic acids is 1. The molecule has 0 bridgehead atoms. The van der Waals surface area contributed by atoms with Crippen LogP contribution in [0.4, 0.5) is 0 Å². The minimum atomic E-state index is -0.0681. The molecule has 1 heterocycles. The van der Waals surface area contributed by atoms with Crippen molar-refractivity contribution in [2.45, 2.75) is 32.6 Å². The van der Waals surface area contributed by atoms with Crippen molar-refractivity contribution in [3.05, 3.63) is 5.82 Å². The van der Waals surface area contributed by atoms with Crippen LogP contribution in [0, 0.1) is 0 Å². The van der Waals surface area contributed by atoms with Crippen LogP contribution in [0.1, 0.15) is 32.0 Å². The maximum atomic E-state index is 11.5. The van der Waals surface area contributed by atoms with Crippen molar-refractivity contribution in [2.75, 3.05) is 19.8 Å². The summed E-state index contributed by atoms with van der Waals surface area (Å²) in [7, 11) is 1.71. The van der Waals surface area contributed by atoms with Crippen LogP contribution in [0.15, 0.2) is 0 Å². The number of aromatic nitrogens is 4. The third-order valence-electron chi connectivity index (χ3n) is 2.46. The van der Waals surface area contributed by atoms with Gasteiger partial charge < -0.3 is 10.1 Å². The van der Waals surface area contributed by atoms with Crippen LogP contribution in [0.25, 0.3) is 0 Å². The molecule has 0 aliphatic rings. The Morgan fingerprint density at radius 3 is 2.83 bits per heavy atom. The Labute approximate surface area is 107 Å². The van der Waals surface area contributed by atoms with Crippen molar-refractivity contribution in [1.82, 2.24) is 25.5 Å². The second-order valence-corrected chi connectivity index (χ2v) is 4.06. The van der Waals surface area contributed by atoms with Gasteiger partial charge in [0.1, 0.15) is 0 Å². The van der Waals surface area contributed by atoms with Crippen molar-refractivity contribution in [3.63, 3.8) is 0 Å². The maximum Gasteiger partial charge on any atom is 0.227 e. The normalized spacial score (nSPS) is 10.6. The quantitative estimate of drug-likeness (QED) is 0.632. The standard InChI is InChI=1S/C11H21N5O2/c1-3-4-7-18-8-5-6-12-11(17)9-10-13-14-15-16(10)2/h3-9H2,1-2H3,(H,12,17). The molecule has 1 aromatic rings. The minimum Gasteiger partial charge on any atom is -0.381 e. The second-order valence-electron chi connectivity index (χ2n) is 4.06. The van der Waals surface area contributed by atoms with E-state index in [2.05, 4.69) is 27.8 Å². The molecule has 0 radical (unpaired) electrons. The Balaban J connectivity index is 2.02. The number of hydrogen-bond donors (Lipinski definition) is 1. The van der Waals surface area contributed by atoms with Crippen molar-refractivity contribution in [2.24, 2.45) is 7.05 Å². The van der Waals surface area contributed by atoms with Gasteiger partial charge in [-0.25, -0.2) is 4.68 Å². The third-order valence-corrected chi connectivity index (χ3v) is 2.46. The SMILES string of the molecule is CCCCOCCCNC(=O)Cc1nnnn1C. The van der Waals surface area contributed by atoms with Gasteiger partial charge in [0.2, 0.25) is 5.91 Å². The molecule has 0 aliphatic heterocycles. The van der Waals surface area contributed by atoms with E-state index < -0.39 is 0 Å². The highest BCUT2D eigenvalue weighted by molar-refractivity contribution is 5.77. The van der Waals surface area contributed by atoms with Crippen molar-refractivity contribution in [1.29, 1.82) is 0 Å². The fourth-order valence-electron chi connectivity index (χ4n) is 1.35. The van der Waals surface area contributed by atoms with Gasteiger partial charge in [0.15, 0.2) is 5.82 Å². The number of rotatable bonds is 9. The Bertz CT molecular complexity index is 353. The lowest BCUT2D eigenvalue weighted by atomic mass is 10.3. The van der Waals surface area contributed by atoms with Gasteiger partial charge in [0.05, 0.1) is 6.42 Å². The van der Waals surface area contributed by atoms with Gasteiger partial charge in [-0.2, -0.15) is 0 Å². The molecule has 0 saturated carbocycles. The van der Waals surface area contributed by atoms with E-state index in [-0.39, 0.29) is 12.3 Å². The molecule has 0 aliphatic carbocycles. The van der Waals surface area contributed by atoms with Gasteiger partial charge in [-0.15, -0.1) is 5.10 Å². The van der Waals surface area contributed by atoms with Crippen LogP contribution in [-0.4, -0.2) is 45.9 Å². The highest BCUT2D eigenvalue weighted by Gasteiger charge is 2.08. The average molecular weight is 255 g/mol. The first-order valence-corrected chi connectivity index (χ1v) is 6.29. The minimum absolute atomic E-state index is 0.0681. The molecular weight excluding hydrogens is 234 g/mol. The van der Waals surface area contributed by atoms with Crippen molar-refractivity contribution in [3.8, 4) is 0 Å². The monoisotopic (exact) mass is 255 g/mol. The summed E-state index contributed by atoms with van der Waals surface area (Å²) in [6.07, 6.45) is 3.26. The number of ether oxygens (including phenoxy) is 1. The maximum absolute atomic E-state index is 11.5. The van der Waals surface area contributed by atoms with Gasteiger partial charge in [0, 0.05) is 26.8 Å². The van der Waals surface area contributed by atoms with E-state index in [1.54, 1.807) is 7.05 Å². The number of nitrogens with one attached hydrogen (secondary N) is 1. The number of nitrogens with zero attached hydrogens (tertiary/aromatic N) is 4. The molecule has 1 aromatic heterocycles. The van der Waals surface area contributed by atoms with Gasteiger partial charge >= 0.3 is 0 Å². The molecule has 18 heavy (non-hydrogen) atoms. The topological polar surface area (TPSA) is 81.9 Å². The zero-order valence-corrected chi connectivity index (χ0v) is 11.1. The summed E-state index contributed by atoms with van der Waals surface area (Å²) < 4.78 is 6.89. The fraction of sp³-hybridized carbons (Fsp3) is 0.818. The summed E-state index contributed by atoms with van der Waals surface area (Å²) >= 11 is 0. The summed E-state index contributed by atoms with van der Waals surface area (Å²) in [5.74, 6) is 0.494. The number of tetrazole rings is 1. The zero-order valence-electron chi connectivity index (χ0n) is 11.1. The first-order valence-electron chi connectivity index (χ1n) is 6.29. The summed E-state index contributed by atoms with van der Waals surface area (Å²) in [6.45, 7) is 4.24. The van der Waals surface area contributed by atoms with E-state index in [9.17, 15) is 4.79 Å². The molecule has 1 N–H and O–H groups in total. The molecule has 102 valence electrons. The molecule has 0 fully saturated rings. The molecular formula is C11H21N5O2. The summed E-state index contributed by atoms with van der Waals surface area (Å²) in [4.78, 5) is 11.5. The van der Waals surface area contributed by atoms with E-state index in [1.165, 1.54) is 4.68 Å². The van der Waals surface area contributed by atoms with Crippen LogP contribution in [0.2, 0.25) is 0 Å². The Morgan fingerprint density at radius 2 is 2.17 bits per heavy atom. The fourth-order valence-corrected chi connectivity index (χ4v) is 1.35. The summed E-state index contributed by atoms with van der Waals surface area (Å²) in [6, 6.07) is 0. The molecule has 0 aromatic carbocycles. The van der Waals surface area contributed by atoms with Crippen LogP contribution >= 0.6 is 0 Å². The third kappa shape index (κ3) is 5.72. The number of hydrogen-bond acceptors (Lipinski definition) is 5. The average Bonchev–Trinajstić information content (AvgIpc) is 2.74. The van der Waals surface area contributed by atoms with Gasteiger partial charge in [-0.3, -0.25) is 4.79 Å². The molecule has 1 amide bonds.